The lowest BCUT2D eigenvalue weighted by atomic mass is 10.2. The summed E-state index contributed by atoms with van der Waals surface area (Å²) in [5.74, 6) is -0.314. The van der Waals surface area contributed by atoms with Gasteiger partial charge in [0.25, 0.3) is 0 Å². The lowest BCUT2D eigenvalue weighted by Gasteiger charge is -2.04. The van der Waals surface area contributed by atoms with E-state index in [0.717, 1.165) is 10.5 Å². The minimum absolute atomic E-state index is 0.0373. The maximum absolute atomic E-state index is 11.4. The molecule has 1 aromatic rings. The summed E-state index contributed by atoms with van der Waals surface area (Å²) in [7, 11) is 0. The summed E-state index contributed by atoms with van der Waals surface area (Å²) in [5, 5.41) is -0.0373. The lowest BCUT2D eigenvalue weighted by molar-refractivity contribution is -0.113. The van der Waals surface area contributed by atoms with Crippen LogP contribution in [0.2, 0.25) is 0 Å². The molecule has 1 aliphatic rings. The molecule has 0 saturated carbocycles. The SMILES string of the molecule is CCOC(=O)c1ccc(C2=CC(=O)C(C)S2)cn1. The Morgan fingerprint density at radius 1 is 1.50 bits per heavy atom. The molecule has 0 radical (unpaired) electrons. The van der Waals surface area contributed by atoms with E-state index < -0.39 is 5.97 Å². The summed E-state index contributed by atoms with van der Waals surface area (Å²) in [5.41, 5.74) is 1.13. The Morgan fingerprint density at radius 3 is 2.78 bits per heavy atom. The molecule has 18 heavy (non-hydrogen) atoms. The van der Waals surface area contributed by atoms with Gasteiger partial charge in [0.05, 0.1) is 11.9 Å². The number of hydrogen-bond acceptors (Lipinski definition) is 5. The van der Waals surface area contributed by atoms with Crippen LogP contribution in [0, 0.1) is 0 Å². The molecule has 0 aliphatic carbocycles. The molecule has 0 spiro atoms. The van der Waals surface area contributed by atoms with Gasteiger partial charge in [-0.1, -0.05) is 0 Å². The van der Waals surface area contributed by atoms with Gasteiger partial charge < -0.3 is 4.74 Å². The summed E-state index contributed by atoms with van der Waals surface area (Å²) in [6.45, 7) is 3.95. The Kier molecular flexibility index (Phi) is 3.81. The second kappa shape index (κ2) is 5.35. The topological polar surface area (TPSA) is 56.3 Å². The van der Waals surface area contributed by atoms with Gasteiger partial charge >= 0.3 is 5.97 Å². The van der Waals surface area contributed by atoms with Crippen LogP contribution in [0.3, 0.4) is 0 Å². The number of ketones is 1. The second-order valence-electron chi connectivity index (χ2n) is 3.82. The smallest absolute Gasteiger partial charge is 0.356 e. The highest BCUT2D eigenvalue weighted by atomic mass is 32.2. The number of pyridine rings is 1. The molecule has 0 aromatic carbocycles. The quantitative estimate of drug-likeness (QED) is 0.783. The predicted octanol–water partition coefficient (Wildman–Crippen LogP) is 2.30. The maximum atomic E-state index is 11.4. The van der Waals surface area contributed by atoms with Crippen molar-refractivity contribution in [2.45, 2.75) is 19.1 Å². The van der Waals surface area contributed by atoms with Gasteiger partial charge in [0.2, 0.25) is 0 Å². The van der Waals surface area contributed by atoms with Crippen LogP contribution in [0.1, 0.15) is 29.9 Å². The molecule has 1 aliphatic heterocycles. The molecule has 4 nitrogen and oxygen atoms in total. The third kappa shape index (κ3) is 2.61. The molecule has 0 fully saturated rings. The van der Waals surface area contributed by atoms with Crippen molar-refractivity contribution >= 4 is 28.4 Å². The Labute approximate surface area is 109 Å². The van der Waals surface area contributed by atoms with Gasteiger partial charge in [0, 0.05) is 16.7 Å². The second-order valence-corrected chi connectivity index (χ2v) is 5.21. The molecule has 0 amide bonds. The van der Waals surface area contributed by atoms with Crippen LogP contribution in [0.5, 0.6) is 0 Å². The first-order valence-corrected chi connectivity index (χ1v) is 6.55. The van der Waals surface area contributed by atoms with Gasteiger partial charge in [0.15, 0.2) is 5.78 Å². The summed E-state index contributed by atoms with van der Waals surface area (Å²) >= 11 is 1.51. The van der Waals surface area contributed by atoms with Gasteiger partial charge in [-0.15, -0.1) is 11.8 Å². The molecule has 1 aromatic heterocycles. The third-order valence-corrected chi connectivity index (χ3v) is 3.70. The van der Waals surface area contributed by atoms with Crippen molar-refractivity contribution in [3.63, 3.8) is 0 Å². The average molecular weight is 263 g/mol. The standard InChI is InChI=1S/C13H13NO3S/c1-3-17-13(16)10-5-4-9(7-14-10)12-6-11(15)8(2)18-12/h4-8H,3H2,1-2H3. The van der Waals surface area contributed by atoms with E-state index in [1.165, 1.54) is 11.8 Å². The zero-order valence-electron chi connectivity index (χ0n) is 10.2. The Morgan fingerprint density at radius 2 is 2.28 bits per heavy atom. The van der Waals surface area contributed by atoms with Crippen LogP contribution in [0.15, 0.2) is 24.4 Å². The van der Waals surface area contributed by atoms with Gasteiger partial charge in [0.1, 0.15) is 5.69 Å². The summed E-state index contributed by atoms with van der Waals surface area (Å²) in [6, 6.07) is 3.39. The van der Waals surface area contributed by atoms with E-state index in [0.29, 0.717) is 6.61 Å². The Balaban J connectivity index is 2.16. The van der Waals surface area contributed by atoms with Crippen molar-refractivity contribution in [3.05, 3.63) is 35.7 Å². The number of allylic oxidation sites excluding steroid dienone is 1. The first-order chi connectivity index (χ1) is 8.61. The molecule has 1 atom stereocenters. The van der Waals surface area contributed by atoms with Crippen molar-refractivity contribution < 1.29 is 14.3 Å². The van der Waals surface area contributed by atoms with E-state index in [1.54, 1.807) is 31.3 Å². The highest BCUT2D eigenvalue weighted by Crippen LogP contribution is 2.36. The minimum Gasteiger partial charge on any atom is -0.461 e. The van der Waals surface area contributed by atoms with Gasteiger partial charge in [-0.25, -0.2) is 9.78 Å². The fourth-order valence-electron chi connectivity index (χ4n) is 1.55. The number of thioether (sulfide) groups is 1. The first kappa shape index (κ1) is 12.8. The van der Waals surface area contributed by atoms with Crippen LogP contribution in [-0.4, -0.2) is 28.6 Å². The van der Waals surface area contributed by atoms with Crippen molar-refractivity contribution in [1.29, 1.82) is 0 Å². The molecule has 1 unspecified atom stereocenters. The van der Waals surface area contributed by atoms with E-state index in [4.69, 9.17) is 4.74 Å². The molecule has 5 heteroatoms. The molecule has 0 saturated heterocycles. The zero-order valence-corrected chi connectivity index (χ0v) is 11.0. The number of carbonyl (C=O) groups excluding carboxylic acids is 2. The normalized spacial score (nSPS) is 18.7. The zero-order chi connectivity index (χ0) is 13.1. The minimum atomic E-state index is -0.429. The van der Waals surface area contributed by atoms with Crippen molar-refractivity contribution in [3.8, 4) is 0 Å². The van der Waals surface area contributed by atoms with Crippen molar-refractivity contribution in [2.24, 2.45) is 0 Å². The summed E-state index contributed by atoms with van der Waals surface area (Å²) in [6.07, 6.45) is 3.22. The van der Waals surface area contributed by atoms with E-state index in [9.17, 15) is 9.59 Å². The fraction of sp³-hybridized carbons (Fsp3) is 0.308. The molecule has 94 valence electrons. The van der Waals surface area contributed by atoms with Crippen LogP contribution < -0.4 is 0 Å². The van der Waals surface area contributed by atoms with Gasteiger partial charge in [-0.2, -0.15) is 0 Å². The molecular formula is C13H13NO3S. The molecule has 0 N–H and O–H groups in total. The van der Waals surface area contributed by atoms with Crippen molar-refractivity contribution in [2.75, 3.05) is 6.61 Å². The number of ether oxygens (including phenoxy) is 1. The lowest BCUT2D eigenvalue weighted by Crippen LogP contribution is -2.06. The summed E-state index contributed by atoms with van der Waals surface area (Å²) < 4.78 is 4.85. The van der Waals surface area contributed by atoms with E-state index in [2.05, 4.69) is 4.98 Å². The van der Waals surface area contributed by atoms with Gasteiger partial charge in [-0.05, 0) is 32.1 Å². The largest absolute Gasteiger partial charge is 0.461 e. The number of hydrogen-bond donors (Lipinski definition) is 0. The number of esters is 1. The highest BCUT2D eigenvalue weighted by molar-refractivity contribution is 8.10. The van der Waals surface area contributed by atoms with Crippen LogP contribution in [0.25, 0.3) is 4.91 Å². The van der Waals surface area contributed by atoms with E-state index >= 15 is 0 Å². The molecule has 2 heterocycles. The number of nitrogens with zero attached hydrogens (tertiary/aromatic N) is 1. The van der Waals surface area contributed by atoms with Gasteiger partial charge in [-0.3, -0.25) is 4.79 Å². The Hall–Kier alpha value is -1.62. The molecular weight excluding hydrogens is 250 g/mol. The number of carbonyl (C=O) groups is 2. The van der Waals surface area contributed by atoms with Crippen LogP contribution in [-0.2, 0) is 9.53 Å². The van der Waals surface area contributed by atoms with Crippen LogP contribution >= 0.6 is 11.8 Å². The monoisotopic (exact) mass is 263 g/mol. The third-order valence-electron chi connectivity index (χ3n) is 2.51. The number of rotatable bonds is 3. The highest BCUT2D eigenvalue weighted by Gasteiger charge is 2.23. The average Bonchev–Trinajstić information content (AvgIpc) is 2.70. The van der Waals surface area contributed by atoms with Crippen LogP contribution in [0.4, 0.5) is 0 Å². The molecule has 2 rings (SSSR count). The van der Waals surface area contributed by atoms with E-state index in [-0.39, 0.29) is 16.7 Å². The van der Waals surface area contributed by atoms with Crippen molar-refractivity contribution in [1.82, 2.24) is 4.98 Å². The van der Waals surface area contributed by atoms with E-state index in [1.807, 2.05) is 6.92 Å². The predicted molar refractivity (Wildman–Crippen MR) is 70.2 cm³/mol. The first-order valence-electron chi connectivity index (χ1n) is 5.67. The fourth-order valence-corrected chi connectivity index (χ4v) is 2.55. The maximum Gasteiger partial charge on any atom is 0.356 e. The molecule has 0 bridgehead atoms. The summed E-state index contributed by atoms with van der Waals surface area (Å²) in [4.78, 5) is 27.8. The number of aromatic nitrogens is 1. The Bertz CT molecular complexity index is 507.